The average Bonchev–Trinajstić information content (AvgIpc) is 1.98. The second kappa shape index (κ2) is 4.88. The number of nitrogens with one attached hydrogen (secondary N) is 1. The number of rotatable bonds is 4. The van der Waals surface area contributed by atoms with E-state index in [-0.39, 0.29) is 0 Å². The molecule has 0 saturated heterocycles. The molecule has 0 aliphatic rings. The summed E-state index contributed by atoms with van der Waals surface area (Å²) in [5, 5.41) is 0.729. The van der Waals surface area contributed by atoms with Gasteiger partial charge in [0.05, 0.1) is 6.04 Å². The van der Waals surface area contributed by atoms with Crippen molar-refractivity contribution >= 4 is 12.2 Å². The van der Waals surface area contributed by atoms with Crippen LogP contribution in [-0.4, -0.2) is 18.2 Å². The van der Waals surface area contributed by atoms with Gasteiger partial charge in [-0.15, -0.1) is 0 Å². The van der Waals surface area contributed by atoms with E-state index >= 15 is 0 Å². The standard InChI is InChI=1S/C8H15NO2/c1-6(2)4-8(5-10)9-7(3)11/h5-6,8H,4H2,1-3H3,(H,9,11)/t8-/m0/s1/i/hD. The summed E-state index contributed by atoms with van der Waals surface area (Å²) in [6.45, 7) is 5.18. The molecule has 0 heterocycles. The van der Waals surface area contributed by atoms with Crippen molar-refractivity contribution in [2.75, 3.05) is 0 Å². The lowest BCUT2D eigenvalue weighted by molar-refractivity contribution is -0.122. The van der Waals surface area contributed by atoms with Crippen molar-refractivity contribution in [3.05, 3.63) is 0 Å². The quantitative estimate of drug-likeness (QED) is 0.613. The van der Waals surface area contributed by atoms with E-state index < -0.39 is 11.9 Å². The zero-order valence-corrected chi connectivity index (χ0v) is 7.20. The Hall–Kier alpha value is -0.860. The fraction of sp³-hybridized carbons (Fsp3) is 0.750. The molecular formula is C8H15NO2. The Labute approximate surface area is 68.6 Å². The minimum atomic E-state index is -0.595. The van der Waals surface area contributed by atoms with Gasteiger partial charge in [-0.25, -0.2) is 0 Å². The summed E-state index contributed by atoms with van der Waals surface area (Å²) < 4.78 is 7.23. The SMILES string of the molecule is [2H]N(C(C)=O)[C@H](C=O)CC(C)C. The van der Waals surface area contributed by atoms with E-state index in [1.54, 1.807) is 0 Å². The van der Waals surface area contributed by atoms with Crippen LogP contribution in [-0.2, 0) is 9.59 Å². The third-order valence-corrected chi connectivity index (χ3v) is 1.22. The first kappa shape index (κ1) is 8.24. The molecule has 0 aliphatic carbocycles. The van der Waals surface area contributed by atoms with Crippen molar-refractivity contribution in [1.82, 2.24) is 5.31 Å². The van der Waals surface area contributed by atoms with Crippen molar-refractivity contribution in [1.29, 1.82) is 0 Å². The van der Waals surface area contributed by atoms with Crippen LogP contribution in [0.2, 0.25) is 1.41 Å². The molecule has 0 bridgehead atoms. The van der Waals surface area contributed by atoms with Crippen LogP contribution < -0.4 is 5.31 Å². The molecule has 0 fully saturated rings. The topological polar surface area (TPSA) is 46.2 Å². The molecule has 0 aliphatic heterocycles. The summed E-state index contributed by atoms with van der Waals surface area (Å²) in [5.74, 6) is -0.0832. The molecule has 0 aromatic carbocycles. The maximum atomic E-state index is 10.7. The highest BCUT2D eigenvalue weighted by molar-refractivity contribution is 5.77. The molecule has 0 spiro atoms. The van der Waals surface area contributed by atoms with Gasteiger partial charge in [0.15, 0.2) is 1.41 Å². The van der Waals surface area contributed by atoms with Crippen LogP contribution in [0.1, 0.15) is 27.2 Å². The zero-order chi connectivity index (χ0) is 9.72. The molecule has 3 heteroatoms. The van der Waals surface area contributed by atoms with Gasteiger partial charge in [0.25, 0.3) is 0 Å². The van der Waals surface area contributed by atoms with E-state index in [4.69, 9.17) is 1.41 Å². The normalized spacial score (nSPS) is 14.0. The number of aldehydes is 1. The largest absolute Gasteiger partial charge is 0.347 e. The monoisotopic (exact) mass is 158 g/mol. The molecule has 0 radical (unpaired) electrons. The molecule has 64 valence electrons. The van der Waals surface area contributed by atoms with Crippen LogP contribution >= 0.6 is 0 Å². The maximum absolute atomic E-state index is 10.7. The van der Waals surface area contributed by atoms with Gasteiger partial charge in [0.2, 0.25) is 5.91 Å². The minimum Gasteiger partial charge on any atom is -0.347 e. The highest BCUT2D eigenvalue weighted by Crippen LogP contribution is 2.02. The van der Waals surface area contributed by atoms with Crippen molar-refractivity contribution < 1.29 is 11.0 Å². The summed E-state index contributed by atoms with van der Waals surface area (Å²) in [6.07, 6.45) is 1.20. The first-order valence-corrected chi connectivity index (χ1v) is 3.73. The van der Waals surface area contributed by atoms with Crippen molar-refractivity contribution in [3.8, 4) is 0 Å². The van der Waals surface area contributed by atoms with Gasteiger partial charge >= 0.3 is 0 Å². The first-order valence-electron chi connectivity index (χ1n) is 4.17. The lowest BCUT2D eigenvalue weighted by Crippen LogP contribution is -2.35. The predicted molar refractivity (Wildman–Crippen MR) is 43.1 cm³/mol. The van der Waals surface area contributed by atoms with Crippen LogP contribution in [0.4, 0.5) is 0 Å². The number of carbonyl (C=O) groups is 2. The van der Waals surface area contributed by atoms with Gasteiger partial charge in [0.1, 0.15) is 6.29 Å². The highest BCUT2D eigenvalue weighted by atomic mass is 16.2. The van der Waals surface area contributed by atoms with Crippen LogP contribution in [0, 0.1) is 5.92 Å². The van der Waals surface area contributed by atoms with E-state index in [9.17, 15) is 9.59 Å². The molecule has 0 unspecified atom stereocenters. The number of hydrogen-bond acceptors (Lipinski definition) is 2. The fourth-order valence-corrected chi connectivity index (χ4v) is 0.855. The Balaban J connectivity index is 4.14. The summed E-state index contributed by atoms with van der Waals surface area (Å²) in [5.41, 5.74) is 0. The molecule has 1 amide bonds. The molecule has 11 heavy (non-hydrogen) atoms. The molecule has 1 atom stereocenters. The lowest BCUT2D eigenvalue weighted by atomic mass is 10.1. The second-order valence-electron chi connectivity index (χ2n) is 2.98. The van der Waals surface area contributed by atoms with E-state index in [1.165, 1.54) is 6.92 Å². The summed E-state index contributed by atoms with van der Waals surface area (Å²) in [4.78, 5) is 21.2. The number of hydrogen-bond donors (Lipinski definition) is 1. The van der Waals surface area contributed by atoms with Crippen molar-refractivity contribution in [2.24, 2.45) is 5.92 Å². The van der Waals surface area contributed by atoms with Crippen LogP contribution in [0.3, 0.4) is 0 Å². The third kappa shape index (κ3) is 5.58. The van der Waals surface area contributed by atoms with Crippen LogP contribution in [0.5, 0.6) is 0 Å². The molecule has 0 aromatic rings. The second-order valence-corrected chi connectivity index (χ2v) is 2.98. The summed E-state index contributed by atoms with van der Waals surface area (Å²) in [7, 11) is 0. The van der Waals surface area contributed by atoms with E-state index in [1.807, 2.05) is 13.8 Å². The Morgan fingerprint density at radius 3 is 2.55 bits per heavy atom. The van der Waals surface area contributed by atoms with E-state index in [0.717, 1.165) is 5.31 Å². The van der Waals surface area contributed by atoms with Gasteiger partial charge in [-0.05, 0) is 12.3 Å². The molecule has 1 N–H and O–H groups in total. The Bertz CT molecular complexity index is 170. The van der Waals surface area contributed by atoms with E-state index in [2.05, 4.69) is 0 Å². The number of carbonyl (C=O) groups excluding carboxylic acids is 2. The van der Waals surface area contributed by atoms with Gasteiger partial charge in [-0.2, -0.15) is 0 Å². The maximum Gasteiger partial charge on any atom is 0.217 e. The van der Waals surface area contributed by atoms with Crippen LogP contribution in [0.15, 0.2) is 0 Å². The predicted octanol–water partition coefficient (Wildman–Crippen LogP) is 0.736. The Kier molecular flexibility index (Phi) is 3.65. The Morgan fingerprint density at radius 1 is 1.73 bits per heavy atom. The molecule has 3 nitrogen and oxygen atoms in total. The van der Waals surface area contributed by atoms with Gasteiger partial charge in [-0.1, -0.05) is 13.8 Å². The van der Waals surface area contributed by atoms with Crippen LogP contribution in [0.25, 0.3) is 0 Å². The van der Waals surface area contributed by atoms with Gasteiger partial charge in [-0.3, -0.25) is 4.79 Å². The smallest absolute Gasteiger partial charge is 0.217 e. The zero-order valence-electron chi connectivity index (χ0n) is 8.20. The minimum absolute atomic E-state index is 0.312. The summed E-state index contributed by atoms with van der Waals surface area (Å²) in [6, 6.07) is -0.595. The molecule has 0 rings (SSSR count). The van der Waals surface area contributed by atoms with Gasteiger partial charge in [0, 0.05) is 6.92 Å². The highest BCUT2D eigenvalue weighted by Gasteiger charge is 2.09. The average molecular weight is 158 g/mol. The number of amides is 1. The van der Waals surface area contributed by atoms with Crippen molar-refractivity contribution in [2.45, 2.75) is 33.2 Å². The third-order valence-electron chi connectivity index (χ3n) is 1.22. The van der Waals surface area contributed by atoms with Crippen molar-refractivity contribution in [3.63, 3.8) is 0 Å². The molecular weight excluding hydrogens is 142 g/mol. The van der Waals surface area contributed by atoms with E-state index in [0.29, 0.717) is 18.6 Å². The van der Waals surface area contributed by atoms with Gasteiger partial charge < -0.3 is 10.1 Å². The lowest BCUT2D eigenvalue weighted by Gasteiger charge is -2.12. The summed E-state index contributed by atoms with van der Waals surface area (Å²) >= 11 is 0. The Morgan fingerprint density at radius 2 is 2.27 bits per heavy atom. The molecule has 0 saturated carbocycles. The molecule has 0 aromatic heterocycles. The first-order chi connectivity index (χ1) is 5.49. The fourth-order valence-electron chi connectivity index (χ4n) is 0.855.